The van der Waals surface area contributed by atoms with Gasteiger partial charge in [0.2, 0.25) is 35.3 Å². The van der Waals surface area contributed by atoms with Crippen molar-refractivity contribution in [2.24, 2.45) is 17.6 Å². The molecule has 1 fully saturated rings. The molecule has 1 rings (SSSR count). The number of nitrogens with zero attached hydrogens (tertiary/aromatic N) is 1. The highest BCUT2D eigenvalue weighted by molar-refractivity contribution is 6.38. The Morgan fingerprint density at radius 1 is 0.840 bits per heavy atom. The maximum Gasteiger partial charge on any atom is 0.305 e. The largest absolute Gasteiger partial charge is 0.481 e. The Balaban J connectivity index is 3.17. The van der Waals surface area contributed by atoms with Crippen molar-refractivity contribution in [2.45, 2.75) is 109 Å². The monoisotopic (exact) mass is 709 g/mol. The molecule has 0 radical (unpaired) electrons. The minimum absolute atomic E-state index is 0.0225. The lowest BCUT2D eigenvalue weighted by Crippen LogP contribution is -2.61. The molecule has 6 atom stereocenters. The predicted octanol–water partition coefficient (Wildman–Crippen LogP) is -1.82. The van der Waals surface area contributed by atoms with Gasteiger partial charge in [0.25, 0.3) is 5.91 Å². The highest BCUT2D eigenvalue weighted by Crippen LogP contribution is 2.21. The van der Waals surface area contributed by atoms with Gasteiger partial charge in [-0.05, 0) is 44.4 Å². The van der Waals surface area contributed by atoms with Crippen LogP contribution < -0.4 is 32.3 Å². The number of hydrogen-bond acceptors (Lipinski definition) is 10. The molecule has 1 saturated heterocycles. The molecule has 0 aliphatic carbocycles. The van der Waals surface area contributed by atoms with Gasteiger partial charge in [-0.15, -0.1) is 6.58 Å². The molecular formula is C32H51N7O11. The Hall–Kier alpha value is -4.87. The summed E-state index contributed by atoms with van der Waals surface area (Å²) >= 11 is 0. The fourth-order valence-electron chi connectivity index (χ4n) is 5.20. The standard InChI is InChI=1S/C32H51N7O11/c1-7-10-19(26(44)31(49)34-8-2)35-29(47)21-11-9-14-39(21)32(50)25(17(5)6)38-30(48)24(16(3)4)37-28(46)20(12-13-22(40)41)36-27(45)18(33)15-23(42)43/h7,16-21,24-25H,1,8-15,33H2,2-6H3,(H,34,49)(H,35,47)(H,36,45)(H,37,46)(H,38,48)(H,40,41)(H,42,43)/t18-,19+,20-,21-,24-,25-/m0/s1. The minimum Gasteiger partial charge on any atom is -0.481 e. The Morgan fingerprint density at radius 2 is 1.44 bits per heavy atom. The van der Waals surface area contributed by atoms with E-state index in [1.165, 1.54) is 11.0 Å². The molecule has 6 amide bonds. The number of hydrogen-bond donors (Lipinski definition) is 8. The Labute approximate surface area is 290 Å². The molecule has 18 heteroatoms. The summed E-state index contributed by atoms with van der Waals surface area (Å²) in [4.78, 5) is 115. The van der Waals surface area contributed by atoms with Crippen LogP contribution in [0.25, 0.3) is 0 Å². The van der Waals surface area contributed by atoms with Gasteiger partial charge in [-0.1, -0.05) is 33.8 Å². The normalized spacial score (nSPS) is 17.0. The molecule has 50 heavy (non-hydrogen) atoms. The van der Waals surface area contributed by atoms with Crippen LogP contribution in [0.15, 0.2) is 12.7 Å². The van der Waals surface area contributed by atoms with Crippen molar-refractivity contribution in [3.8, 4) is 0 Å². The molecular weight excluding hydrogens is 658 g/mol. The molecule has 18 nitrogen and oxygen atoms in total. The Kier molecular flexibility index (Phi) is 17.8. The number of likely N-dealkylation sites (N-methyl/N-ethyl adjacent to an activating group) is 1. The van der Waals surface area contributed by atoms with Gasteiger partial charge in [0.1, 0.15) is 30.2 Å². The van der Waals surface area contributed by atoms with E-state index >= 15 is 0 Å². The molecule has 0 aromatic heterocycles. The van der Waals surface area contributed by atoms with Gasteiger partial charge in [0, 0.05) is 19.5 Å². The summed E-state index contributed by atoms with van der Waals surface area (Å²) in [5, 5.41) is 30.4. The first-order chi connectivity index (χ1) is 23.4. The smallest absolute Gasteiger partial charge is 0.305 e. The lowest BCUT2D eigenvalue weighted by molar-refractivity contribution is -0.144. The van der Waals surface area contributed by atoms with Crippen molar-refractivity contribution in [3.63, 3.8) is 0 Å². The van der Waals surface area contributed by atoms with Gasteiger partial charge in [-0.2, -0.15) is 0 Å². The van der Waals surface area contributed by atoms with E-state index in [9.17, 15) is 43.2 Å². The second-order valence-electron chi connectivity index (χ2n) is 12.7. The zero-order valence-corrected chi connectivity index (χ0v) is 29.2. The first-order valence-electron chi connectivity index (χ1n) is 16.5. The summed E-state index contributed by atoms with van der Waals surface area (Å²) in [6, 6.07) is -7.64. The van der Waals surface area contributed by atoms with E-state index in [-0.39, 0.29) is 25.9 Å². The van der Waals surface area contributed by atoms with E-state index in [0.29, 0.717) is 6.42 Å². The molecule has 0 unspecified atom stereocenters. The first kappa shape index (κ1) is 43.2. The average molecular weight is 710 g/mol. The van der Waals surface area contributed by atoms with Gasteiger partial charge < -0.3 is 47.4 Å². The van der Waals surface area contributed by atoms with E-state index in [1.807, 2.05) is 0 Å². The van der Waals surface area contributed by atoms with Crippen LogP contribution in [-0.4, -0.2) is 118 Å². The fraction of sp³-hybridized carbons (Fsp3) is 0.656. The number of carboxylic acid groups (broad SMARTS) is 2. The number of aliphatic carboxylic acids is 2. The molecule has 0 bridgehead atoms. The molecule has 0 spiro atoms. The summed E-state index contributed by atoms with van der Waals surface area (Å²) in [5.41, 5.74) is 5.58. The van der Waals surface area contributed by atoms with E-state index in [0.717, 1.165) is 0 Å². The van der Waals surface area contributed by atoms with E-state index in [2.05, 4.69) is 33.2 Å². The van der Waals surface area contributed by atoms with Crippen molar-refractivity contribution < 1.29 is 53.4 Å². The highest BCUT2D eigenvalue weighted by atomic mass is 16.4. The van der Waals surface area contributed by atoms with Crippen molar-refractivity contribution in [2.75, 3.05) is 13.1 Å². The molecule has 0 aromatic rings. The third-order valence-electron chi connectivity index (χ3n) is 7.92. The van der Waals surface area contributed by atoms with Gasteiger partial charge in [0.15, 0.2) is 0 Å². The van der Waals surface area contributed by atoms with Crippen LogP contribution in [0.2, 0.25) is 0 Å². The third-order valence-corrected chi connectivity index (χ3v) is 7.92. The number of carbonyl (C=O) groups is 9. The van der Waals surface area contributed by atoms with Gasteiger partial charge in [-0.25, -0.2) is 0 Å². The number of likely N-dealkylation sites (tertiary alicyclic amines) is 1. The summed E-state index contributed by atoms with van der Waals surface area (Å²) in [7, 11) is 0. The van der Waals surface area contributed by atoms with Gasteiger partial charge in [-0.3, -0.25) is 43.2 Å². The maximum absolute atomic E-state index is 13.8. The number of nitrogens with two attached hydrogens (primary N) is 1. The fourth-order valence-corrected chi connectivity index (χ4v) is 5.20. The second kappa shape index (κ2) is 20.6. The highest BCUT2D eigenvalue weighted by Gasteiger charge is 2.41. The SMILES string of the molecule is C=CC[C@@H](NC(=O)[C@@H]1CCCN1C(=O)[C@@H](NC(=O)[C@@H](NC(=O)[C@H](CCC(=O)O)NC(=O)[C@@H](N)CC(=O)O)C(C)C)C(C)C)C(=O)C(=O)NCC. The number of ketones is 1. The van der Waals surface area contributed by atoms with Crippen LogP contribution in [0.4, 0.5) is 0 Å². The predicted molar refractivity (Wildman–Crippen MR) is 178 cm³/mol. The van der Waals surface area contributed by atoms with Crippen LogP contribution in [0.5, 0.6) is 0 Å². The number of amides is 6. The molecule has 1 aliphatic heterocycles. The molecule has 280 valence electrons. The van der Waals surface area contributed by atoms with Crippen molar-refractivity contribution in [1.29, 1.82) is 0 Å². The van der Waals surface area contributed by atoms with Gasteiger partial charge >= 0.3 is 11.9 Å². The zero-order chi connectivity index (χ0) is 38.3. The Bertz CT molecular complexity index is 1300. The van der Waals surface area contributed by atoms with Crippen LogP contribution in [0.1, 0.15) is 73.1 Å². The number of carbonyl (C=O) groups excluding carboxylic acids is 7. The number of rotatable bonds is 21. The van der Waals surface area contributed by atoms with Gasteiger partial charge in [0.05, 0.1) is 12.5 Å². The van der Waals surface area contributed by atoms with Crippen LogP contribution in [0.3, 0.4) is 0 Å². The average Bonchev–Trinajstić information content (AvgIpc) is 3.53. The quantitative estimate of drug-likeness (QED) is 0.0483. The van der Waals surface area contributed by atoms with Crippen molar-refractivity contribution in [1.82, 2.24) is 31.5 Å². The lowest BCUT2D eigenvalue weighted by Gasteiger charge is -2.33. The summed E-state index contributed by atoms with van der Waals surface area (Å²) in [5.74, 6) is -9.40. The summed E-state index contributed by atoms with van der Waals surface area (Å²) in [6.07, 6.45) is 0.376. The van der Waals surface area contributed by atoms with Crippen LogP contribution in [-0.2, 0) is 43.2 Å². The van der Waals surface area contributed by atoms with Crippen LogP contribution in [0, 0.1) is 11.8 Å². The number of carboxylic acids is 2. The maximum atomic E-state index is 13.8. The summed E-state index contributed by atoms with van der Waals surface area (Å²) < 4.78 is 0. The second-order valence-corrected chi connectivity index (χ2v) is 12.7. The molecule has 1 aliphatic rings. The third kappa shape index (κ3) is 13.2. The minimum atomic E-state index is -1.53. The molecule has 0 aromatic carbocycles. The van der Waals surface area contributed by atoms with E-state index < -0.39 is 121 Å². The first-order valence-corrected chi connectivity index (χ1v) is 16.5. The molecule has 9 N–H and O–H groups in total. The van der Waals surface area contributed by atoms with Crippen molar-refractivity contribution in [3.05, 3.63) is 12.7 Å². The zero-order valence-electron chi connectivity index (χ0n) is 29.2. The number of Topliss-reactive ketones (excluding diaryl/α,β-unsaturated/α-hetero) is 1. The summed E-state index contributed by atoms with van der Waals surface area (Å²) in [6.45, 7) is 12.1. The topological polar surface area (TPSA) is 283 Å². The van der Waals surface area contributed by atoms with E-state index in [1.54, 1.807) is 34.6 Å². The van der Waals surface area contributed by atoms with E-state index in [4.69, 9.17) is 15.9 Å². The molecule has 0 saturated carbocycles. The lowest BCUT2D eigenvalue weighted by atomic mass is 9.98. The molecule has 1 heterocycles. The van der Waals surface area contributed by atoms with Crippen LogP contribution >= 0.6 is 0 Å². The Morgan fingerprint density at radius 3 is 1.96 bits per heavy atom. The van der Waals surface area contributed by atoms with Crippen molar-refractivity contribution >= 4 is 53.2 Å². The number of nitrogens with one attached hydrogen (secondary N) is 5.